The van der Waals surface area contributed by atoms with Gasteiger partial charge in [0.05, 0.1) is 0 Å². The number of ether oxygens (including phenoxy) is 1. The van der Waals surface area contributed by atoms with Crippen LogP contribution in [0, 0.1) is 0 Å². The number of carbonyl (C=O) groups is 1. The normalized spacial score (nSPS) is 16.4. The second kappa shape index (κ2) is 5.66. The van der Waals surface area contributed by atoms with Crippen LogP contribution < -0.4 is 0 Å². The predicted octanol–water partition coefficient (Wildman–Crippen LogP) is 3.02. The van der Waals surface area contributed by atoms with Crippen LogP contribution >= 0.6 is 7.59 Å². The van der Waals surface area contributed by atoms with Crippen molar-refractivity contribution in [2.24, 2.45) is 0 Å². The molecule has 0 N–H and O–H groups in total. The van der Waals surface area contributed by atoms with Gasteiger partial charge in [-0.25, -0.2) is 0 Å². The molecule has 0 unspecified atom stereocenters. The van der Waals surface area contributed by atoms with E-state index in [4.69, 9.17) is 0 Å². The van der Waals surface area contributed by atoms with Crippen molar-refractivity contribution < 1.29 is 44.9 Å². The van der Waals surface area contributed by atoms with Crippen LogP contribution in [0.25, 0.3) is 0 Å². The van der Waals surface area contributed by atoms with Crippen molar-refractivity contribution in [2.45, 2.75) is 6.18 Å². The molecule has 0 aromatic rings. The van der Waals surface area contributed by atoms with Crippen molar-refractivity contribution in [3.8, 4) is 0 Å². The van der Waals surface area contributed by atoms with Gasteiger partial charge in [0.1, 0.15) is 0 Å². The summed E-state index contributed by atoms with van der Waals surface area (Å²) in [5.74, 6) is -2.14. The molecule has 0 saturated heterocycles. The van der Waals surface area contributed by atoms with Gasteiger partial charge in [0.15, 0.2) is 0 Å². The van der Waals surface area contributed by atoms with Gasteiger partial charge in [0, 0.05) is 0 Å². The second-order valence-electron chi connectivity index (χ2n) is 2.99. The third-order valence-corrected chi connectivity index (χ3v) is 4.83. The molecule has 0 amide bonds. The van der Waals surface area contributed by atoms with Crippen LogP contribution in [-0.4, -0.2) is 40.6 Å². The summed E-state index contributed by atoms with van der Waals surface area (Å²) in [5, 5.41) is 0. The first-order valence-corrected chi connectivity index (χ1v) is 6.37. The van der Waals surface area contributed by atoms with E-state index in [9.17, 15) is 26.6 Å². The Labute approximate surface area is 105 Å². The maximum absolute atomic E-state index is 14.4. The summed E-state index contributed by atoms with van der Waals surface area (Å²) in [6.07, 6.45) is -5.53. The average molecular weight is 314 g/mol. The summed E-state index contributed by atoms with van der Waals surface area (Å²) >= 11 is 0. The number of hydrogen-bond acceptors (Lipinski definition) is 5. The van der Waals surface area contributed by atoms with Crippen LogP contribution in [-0.2, 0) is 23.1 Å². The molecule has 0 aromatic carbocycles. The molecule has 0 rings (SSSR count). The predicted molar refractivity (Wildman–Crippen MR) is 55.3 cm³/mol. The summed E-state index contributed by atoms with van der Waals surface area (Å²) in [6.45, 7) is 0. The summed E-state index contributed by atoms with van der Waals surface area (Å²) in [7, 11) is -4.18. The first-order chi connectivity index (χ1) is 8.50. The second-order valence-corrected chi connectivity index (χ2v) is 6.06. The zero-order valence-electron chi connectivity index (χ0n) is 10.4. The molecule has 11 heteroatoms. The van der Waals surface area contributed by atoms with Gasteiger partial charge in [-0.05, 0) is 0 Å². The monoisotopic (exact) mass is 314 g/mol. The molecule has 0 aliphatic rings. The van der Waals surface area contributed by atoms with Gasteiger partial charge >= 0.3 is 104 Å². The molecule has 19 heavy (non-hydrogen) atoms. The van der Waals surface area contributed by atoms with Crippen molar-refractivity contribution in [2.75, 3.05) is 28.4 Å². The molecule has 0 atom stereocenters. The Morgan fingerprint density at radius 2 is 1.37 bits per heavy atom. The molecule has 0 heterocycles. The van der Waals surface area contributed by atoms with Crippen LogP contribution in [0.1, 0.15) is 0 Å². The van der Waals surface area contributed by atoms with Crippen molar-refractivity contribution in [1.82, 2.24) is 0 Å². The van der Waals surface area contributed by atoms with Gasteiger partial charge in [0.25, 0.3) is 0 Å². The van der Waals surface area contributed by atoms with Crippen LogP contribution in [0.5, 0.6) is 0 Å². The molecular formula is C8H12F5O5P. The maximum atomic E-state index is 14.4. The number of hydrogen-bond donors (Lipinski definition) is 0. The molecule has 0 saturated carbocycles. The fourth-order valence-corrected chi connectivity index (χ4v) is 2.57. The fourth-order valence-electron chi connectivity index (χ4n) is 1.06. The van der Waals surface area contributed by atoms with Crippen molar-refractivity contribution >= 4 is 13.6 Å². The molecule has 0 aliphatic heterocycles. The SMILES string of the molecule is COC(=O)C(=C(F)P(F)(OC)(OC)OC)C(F)(F)F. The molecule has 5 nitrogen and oxygen atoms in total. The number of halogens is 5. The van der Waals surface area contributed by atoms with Gasteiger partial charge in [-0.1, -0.05) is 0 Å². The van der Waals surface area contributed by atoms with Gasteiger partial charge in [-0.3, -0.25) is 0 Å². The van der Waals surface area contributed by atoms with Gasteiger partial charge in [-0.15, -0.1) is 0 Å². The molecule has 0 aliphatic carbocycles. The van der Waals surface area contributed by atoms with E-state index >= 15 is 0 Å². The molecular weight excluding hydrogens is 302 g/mol. The number of esters is 1. The van der Waals surface area contributed by atoms with Crippen LogP contribution in [0.3, 0.4) is 0 Å². The number of rotatable bonds is 5. The number of carbonyl (C=O) groups excluding carboxylic acids is 1. The zero-order valence-corrected chi connectivity index (χ0v) is 11.3. The topological polar surface area (TPSA) is 54.0 Å². The third-order valence-electron chi connectivity index (χ3n) is 2.12. The van der Waals surface area contributed by atoms with Crippen LogP contribution in [0.15, 0.2) is 11.1 Å². The van der Waals surface area contributed by atoms with Crippen LogP contribution in [0.2, 0.25) is 0 Å². The van der Waals surface area contributed by atoms with E-state index in [-0.39, 0.29) is 0 Å². The minimum absolute atomic E-state index is 0.537. The van der Waals surface area contributed by atoms with E-state index < -0.39 is 30.9 Å². The average Bonchev–Trinajstić information content (AvgIpc) is 2.36. The molecule has 0 bridgehead atoms. The summed E-state index contributed by atoms with van der Waals surface area (Å²) < 4.78 is 81.9. The fraction of sp³-hybridized carbons (Fsp3) is 0.625. The first kappa shape index (κ1) is 18.2. The van der Waals surface area contributed by atoms with E-state index in [2.05, 4.69) is 18.3 Å². The Morgan fingerprint density at radius 1 is 1.00 bits per heavy atom. The minimum atomic E-state index is -6.36. The van der Waals surface area contributed by atoms with Crippen molar-refractivity contribution in [3.05, 3.63) is 11.1 Å². The Kier molecular flexibility index (Phi) is 5.41. The zero-order chi connectivity index (χ0) is 15.5. The first-order valence-electron chi connectivity index (χ1n) is 4.49. The standard InChI is InChI=1S/C8H12F5O5P/c1-15-7(14)5(8(10,11)12)6(9)19(13,16-2,17-3)18-4/h1-4H3. The molecule has 0 spiro atoms. The number of methoxy groups -OCH3 is 1. The number of alkyl halides is 3. The molecule has 0 fully saturated rings. The Hall–Kier alpha value is -0.830. The van der Waals surface area contributed by atoms with Crippen molar-refractivity contribution in [3.63, 3.8) is 0 Å². The molecule has 0 radical (unpaired) electrons. The summed E-state index contributed by atoms with van der Waals surface area (Å²) in [6, 6.07) is 0. The molecule has 114 valence electrons. The Bertz CT molecular complexity index is 378. The quantitative estimate of drug-likeness (QED) is 0.338. The van der Waals surface area contributed by atoms with E-state index in [1.165, 1.54) is 0 Å². The Morgan fingerprint density at radius 3 is 1.58 bits per heavy atom. The van der Waals surface area contributed by atoms with Gasteiger partial charge in [0.2, 0.25) is 0 Å². The van der Waals surface area contributed by atoms with E-state index in [1.54, 1.807) is 0 Å². The van der Waals surface area contributed by atoms with Gasteiger partial charge < -0.3 is 0 Å². The Balaban J connectivity index is 6.33. The summed E-state index contributed by atoms with van der Waals surface area (Å²) in [5.41, 5.74) is -5.17. The van der Waals surface area contributed by atoms with Gasteiger partial charge in [-0.2, -0.15) is 0 Å². The van der Waals surface area contributed by atoms with E-state index in [0.29, 0.717) is 28.4 Å². The third kappa shape index (κ3) is 3.19. The van der Waals surface area contributed by atoms with E-state index in [0.717, 1.165) is 0 Å². The van der Waals surface area contributed by atoms with Crippen molar-refractivity contribution in [1.29, 1.82) is 0 Å². The molecule has 0 aromatic heterocycles. The van der Waals surface area contributed by atoms with Crippen LogP contribution in [0.4, 0.5) is 21.8 Å². The summed E-state index contributed by atoms with van der Waals surface area (Å²) in [4.78, 5) is 11.0. The van der Waals surface area contributed by atoms with E-state index in [1.807, 2.05) is 0 Å².